The lowest BCUT2D eigenvalue weighted by molar-refractivity contribution is 0.146. The molecule has 4 nitrogen and oxygen atoms in total. The van der Waals surface area contributed by atoms with E-state index < -0.39 is 0 Å². The topological polar surface area (TPSA) is 66.2 Å². The van der Waals surface area contributed by atoms with Crippen molar-refractivity contribution in [3.05, 3.63) is 24.2 Å². The quantitative estimate of drug-likeness (QED) is 0.824. The van der Waals surface area contributed by atoms with E-state index in [0.717, 1.165) is 5.76 Å². The molecule has 0 saturated heterocycles. The van der Waals surface area contributed by atoms with Crippen LogP contribution in [0.15, 0.2) is 22.8 Å². The molecule has 3 unspecified atom stereocenters. The van der Waals surface area contributed by atoms with E-state index in [1.807, 2.05) is 33.0 Å². The Kier molecular flexibility index (Phi) is 4.53. The summed E-state index contributed by atoms with van der Waals surface area (Å²) in [6, 6.07) is 6.08. The van der Waals surface area contributed by atoms with E-state index in [2.05, 4.69) is 11.0 Å². The van der Waals surface area contributed by atoms with Gasteiger partial charge in [-0.15, -0.1) is 0 Å². The maximum Gasteiger partial charge on any atom is 0.122 e. The van der Waals surface area contributed by atoms with E-state index in [1.165, 1.54) is 0 Å². The van der Waals surface area contributed by atoms with E-state index >= 15 is 0 Å². The summed E-state index contributed by atoms with van der Waals surface area (Å²) < 4.78 is 5.40. The largest absolute Gasteiger partial charge is 0.468 e. The van der Waals surface area contributed by atoms with E-state index in [4.69, 9.17) is 15.4 Å². The molecule has 4 heteroatoms. The smallest absolute Gasteiger partial charge is 0.122 e. The van der Waals surface area contributed by atoms with Crippen molar-refractivity contribution < 1.29 is 4.42 Å². The van der Waals surface area contributed by atoms with Crippen LogP contribution in [0.1, 0.15) is 32.1 Å². The van der Waals surface area contributed by atoms with Crippen LogP contribution in [0.2, 0.25) is 0 Å². The maximum atomic E-state index is 8.71. The van der Waals surface area contributed by atoms with Crippen molar-refractivity contribution >= 4 is 0 Å². The van der Waals surface area contributed by atoms with Gasteiger partial charge in [-0.25, -0.2) is 0 Å². The highest BCUT2D eigenvalue weighted by Crippen LogP contribution is 2.25. The summed E-state index contributed by atoms with van der Waals surface area (Å²) in [7, 11) is 1.97. The Hall–Kier alpha value is -1.31. The third-order valence-electron chi connectivity index (χ3n) is 2.85. The molecule has 1 heterocycles. The van der Waals surface area contributed by atoms with Crippen molar-refractivity contribution in [2.75, 3.05) is 7.05 Å². The van der Waals surface area contributed by atoms with Crippen LogP contribution in [0.5, 0.6) is 0 Å². The summed E-state index contributed by atoms with van der Waals surface area (Å²) in [6.45, 7) is 3.96. The molecule has 0 aliphatic heterocycles. The van der Waals surface area contributed by atoms with Crippen molar-refractivity contribution in [1.29, 1.82) is 5.26 Å². The van der Waals surface area contributed by atoms with E-state index in [-0.39, 0.29) is 18.1 Å². The van der Waals surface area contributed by atoms with Crippen molar-refractivity contribution in [3.63, 3.8) is 0 Å². The molecule has 16 heavy (non-hydrogen) atoms. The van der Waals surface area contributed by atoms with Crippen LogP contribution in [0, 0.1) is 11.3 Å². The number of hydrogen-bond acceptors (Lipinski definition) is 4. The van der Waals surface area contributed by atoms with E-state index in [1.54, 1.807) is 6.26 Å². The lowest BCUT2D eigenvalue weighted by atomic mass is 10.0. The van der Waals surface area contributed by atoms with Crippen molar-refractivity contribution in [2.24, 2.45) is 5.73 Å². The molecular formula is C12H19N3O. The minimum atomic E-state index is -0.0442. The number of rotatable bonds is 5. The van der Waals surface area contributed by atoms with Gasteiger partial charge < -0.3 is 10.2 Å². The van der Waals surface area contributed by atoms with Gasteiger partial charge in [-0.3, -0.25) is 4.90 Å². The SMILES string of the molecule is CC(N)C(c1ccco1)N(C)C(C)CC#N. The van der Waals surface area contributed by atoms with Crippen LogP contribution in [-0.4, -0.2) is 24.0 Å². The van der Waals surface area contributed by atoms with E-state index in [9.17, 15) is 0 Å². The summed E-state index contributed by atoms with van der Waals surface area (Å²) >= 11 is 0. The first-order valence-electron chi connectivity index (χ1n) is 5.45. The summed E-state index contributed by atoms with van der Waals surface area (Å²) in [5.74, 6) is 0.849. The van der Waals surface area contributed by atoms with Crippen molar-refractivity contribution in [2.45, 2.75) is 38.4 Å². The summed E-state index contributed by atoms with van der Waals surface area (Å²) in [4.78, 5) is 2.09. The zero-order valence-corrected chi connectivity index (χ0v) is 10.1. The standard InChI is InChI=1S/C12H19N3O/c1-9(6-7-13)15(3)12(10(2)14)11-5-4-8-16-11/h4-5,8-10,12H,6,14H2,1-3H3. The molecule has 1 aromatic heterocycles. The van der Waals surface area contributed by atoms with Crippen LogP contribution >= 0.6 is 0 Å². The lowest BCUT2D eigenvalue weighted by Gasteiger charge is -2.33. The monoisotopic (exact) mass is 221 g/mol. The third-order valence-corrected chi connectivity index (χ3v) is 2.85. The second-order valence-electron chi connectivity index (χ2n) is 4.20. The fourth-order valence-electron chi connectivity index (χ4n) is 1.84. The van der Waals surface area contributed by atoms with Crippen LogP contribution in [-0.2, 0) is 0 Å². The number of nitrogens with two attached hydrogens (primary N) is 1. The minimum absolute atomic E-state index is 0.0124. The third kappa shape index (κ3) is 2.84. The molecule has 0 aliphatic carbocycles. The van der Waals surface area contributed by atoms with E-state index in [0.29, 0.717) is 6.42 Å². The van der Waals surface area contributed by atoms with Gasteiger partial charge in [0.2, 0.25) is 0 Å². The maximum absolute atomic E-state index is 8.71. The Labute approximate surface area is 96.6 Å². The first-order chi connectivity index (χ1) is 7.57. The van der Waals surface area contributed by atoms with Gasteiger partial charge in [0, 0.05) is 12.1 Å². The van der Waals surface area contributed by atoms with Gasteiger partial charge in [-0.05, 0) is 33.0 Å². The molecule has 0 aliphatic rings. The highest BCUT2D eigenvalue weighted by Gasteiger charge is 2.26. The summed E-state index contributed by atoms with van der Waals surface area (Å²) in [6.07, 6.45) is 2.13. The number of nitrogens with zero attached hydrogens (tertiary/aromatic N) is 2. The molecule has 1 aromatic rings. The van der Waals surface area contributed by atoms with Crippen LogP contribution in [0.25, 0.3) is 0 Å². The average molecular weight is 221 g/mol. The Bertz CT molecular complexity index is 340. The predicted molar refractivity (Wildman–Crippen MR) is 62.6 cm³/mol. The molecule has 0 fully saturated rings. The van der Waals surface area contributed by atoms with Crippen LogP contribution < -0.4 is 5.73 Å². The molecule has 0 amide bonds. The predicted octanol–water partition coefficient (Wildman–Crippen LogP) is 1.90. The van der Waals surface area contributed by atoms with Gasteiger partial charge in [0.15, 0.2) is 0 Å². The van der Waals surface area contributed by atoms with Gasteiger partial charge in [-0.2, -0.15) is 5.26 Å². The highest BCUT2D eigenvalue weighted by atomic mass is 16.3. The zero-order valence-electron chi connectivity index (χ0n) is 10.1. The molecule has 0 radical (unpaired) electrons. The molecule has 0 aromatic carbocycles. The number of furan rings is 1. The van der Waals surface area contributed by atoms with Gasteiger partial charge in [-0.1, -0.05) is 0 Å². The zero-order chi connectivity index (χ0) is 12.1. The molecule has 0 bridgehead atoms. The van der Waals surface area contributed by atoms with Crippen LogP contribution in [0.4, 0.5) is 0 Å². The molecule has 0 saturated carbocycles. The molecular weight excluding hydrogens is 202 g/mol. The lowest BCUT2D eigenvalue weighted by Crippen LogP contribution is -2.41. The first kappa shape index (κ1) is 12.8. The van der Waals surface area contributed by atoms with Gasteiger partial charge in [0.1, 0.15) is 5.76 Å². The summed E-state index contributed by atoms with van der Waals surface area (Å²) in [5, 5.41) is 8.71. The molecule has 1 rings (SSSR count). The van der Waals surface area contributed by atoms with Crippen molar-refractivity contribution in [1.82, 2.24) is 4.90 Å². The normalized spacial score (nSPS) is 16.8. The molecule has 2 N–H and O–H groups in total. The second kappa shape index (κ2) is 5.69. The number of hydrogen-bond donors (Lipinski definition) is 1. The van der Waals surface area contributed by atoms with Gasteiger partial charge >= 0.3 is 0 Å². The number of likely N-dealkylation sites (N-methyl/N-ethyl adjacent to an activating group) is 1. The molecule has 88 valence electrons. The first-order valence-corrected chi connectivity index (χ1v) is 5.45. The molecule has 0 spiro atoms. The average Bonchev–Trinajstić information content (AvgIpc) is 2.71. The molecule has 3 atom stereocenters. The minimum Gasteiger partial charge on any atom is -0.468 e. The fraction of sp³-hybridized carbons (Fsp3) is 0.583. The van der Waals surface area contributed by atoms with Crippen molar-refractivity contribution in [3.8, 4) is 6.07 Å². The van der Waals surface area contributed by atoms with Gasteiger partial charge in [0.25, 0.3) is 0 Å². The number of nitriles is 1. The highest BCUT2D eigenvalue weighted by molar-refractivity contribution is 5.07. The summed E-state index contributed by atoms with van der Waals surface area (Å²) in [5.41, 5.74) is 5.98. The fourth-order valence-corrected chi connectivity index (χ4v) is 1.84. The second-order valence-corrected chi connectivity index (χ2v) is 4.20. The van der Waals surface area contributed by atoms with Gasteiger partial charge in [0.05, 0.1) is 24.8 Å². The van der Waals surface area contributed by atoms with Crippen LogP contribution in [0.3, 0.4) is 0 Å². The Morgan fingerprint density at radius 3 is 2.69 bits per heavy atom. The Morgan fingerprint density at radius 1 is 1.56 bits per heavy atom. The Morgan fingerprint density at radius 2 is 2.25 bits per heavy atom. The Balaban J connectivity index is 2.83.